The topological polar surface area (TPSA) is 75.6 Å². The van der Waals surface area contributed by atoms with Gasteiger partial charge in [0.2, 0.25) is 5.13 Å². The molecule has 21 heavy (non-hydrogen) atoms. The van der Waals surface area contributed by atoms with Crippen molar-refractivity contribution in [1.82, 2.24) is 9.36 Å². The molecule has 1 aliphatic rings. The number of carbonyl (C=O) groups is 1. The van der Waals surface area contributed by atoms with E-state index >= 15 is 0 Å². The number of aliphatic hydroxyl groups is 1. The molecular formula is C12H17F2N3O3S. The number of aryl methyl sites for hydroxylation is 1. The SMILES string of the molecule is CCOC(=O)C(F)(F)C1(O)CCN(c2nc(C)ns2)CC1. The molecule has 0 aliphatic carbocycles. The van der Waals surface area contributed by atoms with Gasteiger partial charge in [0.1, 0.15) is 11.4 Å². The molecule has 6 nitrogen and oxygen atoms in total. The third-order valence-corrected chi connectivity index (χ3v) is 4.36. The number of rotatable bonds is 4. The molecule has 0 radical (unpaired) electrons. The van der Waals surface area contributed by atoms with E-state index in [4.69, 9.17) is 0 Å². The molecule has 0 saturated carbocycles. The molecule has 0 atom stereocenters. The predicted molar refractivity (Wildman–Crippen MR) is 72.6 cm³/mol. The Bertz CT molecular complexity index is 516. The molecule has 2 rings (SSSR count). The highest BCUT2D eigenvalue weighted by atomic mass is 32.1. The maximum absolute atomic E-state index is 14.0. The molecule has 2 heterocycles. The van der Waals surface area contributed by atoms with Crippen molar-refractivity contribution in [2.24, 2.45) is 0 Å². The summed E-state index contributed by atoms with van der Waals surface area (Å²) < 4.78 is 36.5. The van der Waals surface area contributed by atoms with Crippen LogP contribution in [0.3, 0.4) is 0 Å². The fourth-order valence-corrected chi connectivity index (χ4v) is 2.93. The fourth-order valence-electron chi connectivity index (χ4n) is 2.21. The average Bonchev–Trinajstić information content (AvgIpc) is 2.86. The first-order valence-corrected chi connectivity index (χ1v) is 7.40. The Morgan fingerprint density at radius 1 is 1.52 bits per heavy atom. The molecule has 9 heteroatoms. The quantitative estimate of drug-likeness (QED) is 0.844. The van der Waals surface area contributed by atoms with Crippen LogP contribution in [0.2, 0.25) is 0 Å². The Balaban J connectivity index is 2.06. The van der Waals surface area contributed by atoms with Crippen LogP contribution < -0.4 is 4.90 Å². The Labute approximate surface area is 124 Å². The predicted octanol–water partition coefficient (Wildman–Crippen LogP) is 1.38. The summed E-state index contributed by atoms with van der Waals surface area (Å²) in [5, 5.41) is 10.8. The van der Waals surface area contributed by atoms with Crippen molar-refractivity contribution in [2.75, 3.05) is 24.6 Å². The van der Waals surface area contributed by atoms with Crippen molar-refractivity contribution in [3.63, 3.8) is 0 Å². The van der Waals surface area contributed by atoms with E-state index in [0.29, 0.717) is 11.0 Å². The van der Waals surface area contributed by atoms with Gasteiger partial charge in [0.05, 0.1) is 6.61 Å². The Morgan fingerprint density at radius 3 is 2.62 bits per heavy atom. The zero-order chi connectivity index (χ0) is 15.7. The van der Waals surface area contributed by atoms with Crippen LogP contribution >= 0.6 is 11.5 Å². The first kappa shape index (κ1) is 16.0. The van der Waals surface area contributed by atoms with Crippen LogP contribution in [0.5, 0.6) is 0 Å². The van der Waals surface area contributed by atoms with E-state index in [0.717, 1.165) is 0 Å². The summed E-state index contributed by atoms with van der Waals surface area (Å²) >= 11 is 1.18. The lowest BCUT2D eigenvalue weighted by Crippen LogP contribution is -2.59. The van der Waals surface area contributed by atoms with Crippen molar-refractivity contribution in [2.45, 2.75) is 38.2 Å². The lowest BCUT2D eigenvalue weighted by atomic mass is 9.85. The molecule has 118 valence electrons. The Morgan fingerprint density at radius 2 is 2.14 bits per heavy atom. The number of ether oxygens (including phenoxy) is 1. The van der Waals surface area contributed by atoms with Crippen molar-refractivity contribution in [1.29, 1.82) is 0 Å². The zero-order valence-corrected chi connectivity index (χ0v) is 12.6. The van der Waals surface area contributed by atoms with Crippen LogP contribution in [0, 0.1) is 6.92 Å². The summed E-state index contributed by atoms with van der Waals surface area (Å²) in [4.78, 5) is 17.3. The largest absolute Gasteiger partial charge is 0.461 e. The average molecular weight is 321 g/mol. The zero-order valence-electron chi connectivity index (χ0n) is 11.8. The summed E-state index contributed by atoms with van der Waals surface area (Å²) in [6.07, 6.45) is -0.477. The Kier molecular flexibility index (Phi) is 4.43. The summed E-state index contributed by atoms with van der Waals surface area (Å²) in [6.45, 7) is 3.40. The summed E-state index contributed by atoms with van der Waals surface area (Å²) in [7, 11) is 0. The van der Waals surface area contributed by atoms with E-state index in [1.165, 1.54) is 18.5 Å². The number of halogens is 2. The molecule has 1 fully saturated rings. The van der Waals surface area contributed by atoms with Crippen LogP contribution in [-0.4, -0.2) is 51.7 Å². The van der Waals surface area contributed by atoms with Crippen molar-refractivity contribution < 1.29 is 23.4 Å². The number of carbonyl (C=O) groups excluding carboxylic acids is 1. The van der Waals surface area contributed by atoms with Crippen LogP contribution in [0.4, 0.5) is 13.9 Å². The minimum atomic E-state index is -3.91. The van der Waals surface area contributed by atoms with Gasteiger partial charge in [-0.2, -0.15) is 13.2 Å². The van der Waals surface area contributed by atoms with Crippen LogP contribution in [-0.2, 0) is 9.53 Å². The molecule has 1 N–H and O–H groups in total. The number of esters is 1. The van der Waals surface area contributed by atoms with E-state index in [2.05, 4.69) is 14.1 Å². The second-order valence-electron chi connectivity index (χ2n) is 4.94. The van der Waals surface area contributed by atoms with Crippen molar-refractivity contribution in [3.05, 3.63) is 5.82 Å². The second-order valence-corrected chi connectivity index (χ2v) is 5.67. The molecule has 0 spiro atoms. The fraction of sp³-hybridized carbons (Fsp3) is 0.750. The van der Waals surface area contributed by atoms with Gasteiger partial charge in [-0.25, -0.2) is 9.78 Å². The standard InChI is InChI=1S/C12H17F2N3O3S/c1-3-20-9(18)12(13,14)11(19)4-6-17(7-5-11)10-15-8(2)16-21-10/h19H,3-7H2,1-2H3. The van der Waals surface area contributed by atoms with E-state index in [1.54, 1.807) is 11.8 Å². The number of aromatic nitrogens is 2. The molecule has 1 aliphatic heterocycles. The van der Waals surface area contributed by atoms with Crippen molar-refractivity contribution in [3.8, 4) is 0 Å². The van der Waals surface area contributed by atoms with E-state index < -0.39 is 17.5 Å². The summed E-state index contributed by atoms with van der Waals surface area (Å²) in [5.41, 5.74) is -2.38. The van der Waals surface area contributed by atoms with Crippen LogP contribution in [0.1, 0.15) is 25.6 Å². The molecule has 0 aromatic carbocycles. The van der Waals surface area contributed by atoms with E-state index in [9.17, 15) is 18.7 Å². The van der Waals surface area contributed by atoms with Gasteiger partial charge in [-0.05, 0) is 13.8 Å². The highest BCUT2D eigenvalue weighted by molar-refractivity contribution is 7.09. The minimum Gasteiger partial charge on any atom is -0.461 e. The van der Waals surface area contributed by atoms with Gasteiger partial charge in [-0.15, -0.1) is 0 Å². The summed E-state index contributed by atoms with van der Waals surface area (Å²) in [6, 6.07) is 0. The smallest absolute Gasteiger partial charge is 0.380 e. The third-order valence-electron chi connectivity index (χ3n) is 3.49. The molecular weight excluding hydrogens is 304 g/mol. The lowest BCUT2D eigenvalue weighted by Gasteiger charge is -2.40. The first-order chi connectivity index (χ1) is 9.80. The molecule has 0 bridgehead atoms. The van der Waals surface area contributed by atoms with Crippen LogP contribution in [0.15, 0.2) is 0 Å². The third kappa shape index (κ3) is 2.98. The van der Waals surface area contributed by atoms with E-state index in [-0.39, 0.29) is 32.5 Å². The molecule has 0 unspecified atom stereocenters. The Hall–Kier alpha value is -1.35. The van der Waals surface area contributed by atoms with Gasteiger partial charge >= 0.3 is 11.9 Å². The first-order valence-electron chi connectivity index (χ1n) is 6.63. The number of anilines is 1. The van der Waals surface area contributed by atoms with Gasteiger partial charge in [0, 0.05) is 37.5 Å². The van der Waals surface area contributed by atoms with Gasteiger partial charge in [0.15, 0.2) is 0 Å². The molecule has 1 saturated heterocycles. The highest BCUT2D eigenvalue weighted by Gasteiger charge is 2.60. The normalized spacial score (nSPS) is 18.6. The van der Waals surface area contributed by atoms with Gasteiger partial charge in [-0.3, -0.25) is 0 Å². The van der Waals surface area contributed by atoms with Crippen molar-refractivity contribution >= 4 is 22.6 Å². The maximum Gasteiger partial charge on any atom is 0.380 e. The van der Waals surface area contributed by atoms with Gasteiger partial charge < -0.3 is 14.7 Å². The maximum atomic E-state index is 14.0. The van der Waals surface area contributed by atoms with Gasteiger partial charge in [0.25, 0.3) is 0 Å². The number of alkyl halides is 2. The van der Waals surface area contributed by atoms with Crippen LogP contribution in [0.25, 0.3) is 0 Å². The lowest BCUT2D eigenvalue weighted by molar-refractivity contribution is -0.217. The molecule has 1 aromatic heterocycles. The number of hydrogen-bond donors (Lipinski definition) is 1. The van der Waals surface area contributed by atoms with Gasteiger partial charge in [-0.1, -0.05) is 0 Å². The minimum absolute atomic E-state index is 0.152. The number of nitrogens with zero attached hydrogens (tertiary/aromatic N) is 3. The summed E-state index contributed by atoms with van der Waals surface area (Å²) in [5.74, 6) is -4.97. The highest BCUT2D eigenvalue weighted by Crippen LogP contribution is 2.39. The number of piperidine rings is 1. The van der Waals surface area contributed by atoms with E-state index in [1.807, 2.05) is 0 Å². The monoisotopic (exact) mass is 321 g/mol. The second kappa shape index (κ2) is 5.80. The molecule has 0 amide bonds. The number of hydrogen-bond acceptors (Lipinski definition) is 7. The molecule has 1 aromatic rings.